The quantitative estimate of drug-likeness (QED) is 0.0261. The molecule has 414 valence electrons. The summed E-state index contributed by atoms with van der Waals surface area (Å²) in [6.45, 7) is 6.57. The Bertz CT molecular complexity index is 1230. The molecule has 0 saturated heterocycles. The lowest BCUT2D eigenvalue weighted by atomic mass is 10.0. The lowest BCUT2D eigenvalue weighted by Gasteiger charge is -2.18. The van der Waals surface area contributed by atoms with Gasteiger partial charge >= 0.3 is 17.9 Å². The number of esters is 3. The van der Waals surface area contributed by atoms with Crippen LogP contribution in [0.15, 0.2) is 48.6 Å². The van der Waals surface area contributed by atoms with E-state index in [1.165, 1.54) is 199 Å². The van der Waals surface area contributed by atoms with E-state index in [0.717, 1.165) is 89.9 Å². The number of unbranched alkanes of at least 4 members (excludes halogenated alkanes) is 38. The Morgan fingerprint density at radius 1 is 0.296 bits per heavy atom. The monoisotopic (exact) mass is 995 g/mol. The predicted molar refractivity (Wildman–Crippen MR) is 307 cm³/mol. The maximum atomic E-state index is 12.9. The molecule has 0 rings (SSSR count). The Balaban J connectivity index is 4.29. The minimum Gasteiger partial charge on any atom is -0.462 e. The van der Waals surface area contributed by atoms with E-state index in [1.54, 1.807) is 0 Å². The fraction of sp³-hybridized carbons (Fsp3) is 0.831. The number of hydrogen-bond acceptors (Lipinski definition) is 6. The van der Waals surface area contributed by atoms with Crippen LogP contribution >= 0.6 is 0 Å². The molecule has 0 N–H and O–H groups in total. The normalized spacial score (nSPS) is 12.3. The smallest absolute Gasteiger partial charge is 0.306 e. The molecule has 0 aliphatic heterocycles. The highest BCUT2D eigenvalue weighted by Crippen LogP contribution is 2.17. The van der Waals surface area contributed by atoms with Crippen LogP contribution in [0, 0.1) is 0 Å². The van der Waals surface area contributed by atoms with Crippen molar-refractivity contribution in [2.75, 3.05) is 13.2 Å². The van der Waals surface area contributed by atoms with Gasteiger partial charge in [-0.3, -0.25) is 14.4 Å². The molecule has 0 aliphatic rings. The molecule has 1 unspecified atom stereocenters. The first-order chi connectivity index (χ1) is 35.0. The summed E-state index contributed by atoms with van der Waals surface area (Å²) < 4.78 is 16.9. The van der Waals surface area contributed by atoms with Crippen molar-refractivity contribution < 1.29 is 28.6 Å². The lowest BCUT2D eigenvalue weighted by molar-refractivity contribution is -0.167. The fourth-order valence-electron chi connectivity index (χ4n) is 9.20. The first-order valence-electron chi connectivity index (χ1n) is 31.1. The SMILES string of the molecule is CC/C=C\C/C=C\C/C=C\C/C=C\CCCCCCCCCCC(=O)OCC(COC(=O)CCCCCCCCCCCCCC)OC(=O)CCCCCCCCCCCCCCCCCCCCCC. The molecule has 6 heteroatoms. The van der Waals surface area contributed by atoms with Crippen LogP contribution in [0.5, 0.6) is 0 Å². The third kappa shape index (κ3) is 58.1. The Labute approximate surface area is 441 Å². The topological polar surface area (TPSA) is 78.9 Å². The van der Waals surface area contributed by atoms with Crippen molar-refractivity contribution in [1.82, 2.24) is 0 Å². The van der Waals surface area contributed by atoms with Crippen molar-refractivity contribution in [3.05, 3.63) is 48.6 Å². The molecule has 0 bridgehead atoms. The zero-order valence-electron chi connectivity index (χ0n) is 47.5. The highest BCUT2D eigenvalue weighted by atomic mass is 16.6. The average Bonchev–Trinajstić information content (AvgIpc) is 3.37. The molecule has 0 radical (unpaired) electrons. The van der Waals surface area contributed by atoms with Gasteiger partial charge in [-0.15, -0.1) is 0 Å². The lowest BCUT2D eigenvalue weighted by Crippen LogP contribution is -2.30. The van der Waals surface area contributed by atoms with Crippen molar-refractivity contribution in [1.29, 1.82) is 0 Å². The predicted octanol–water partition coefficient (Wildman–Crippen LogP) is 21.0. The van der Waals surface area contributed by atoms with Crippen LogP contribution in [0.25, 0.3) is 0 Å². The molecule has 1 atom stereocenters. The van der Waals surface area contributed by atoms with Gasteiger partial charge < -0.3 is 14.2 Å². The summed E-state index contributed by atoms with van der Waals surface area (Å²) in [4.78, 5) is 38.2. The van der Waals surface area contributed by atoms with Gasteiger partial charge in [0.2, 0.25) is 0 Å². The van der Waals surface area contributed by atoms with E-state index in [0.29, 0.717) is 19.3 Å². The molecule has 0 fully saturated rings. The van der Waals surface area contributed by atoms with Crippen molar-refractivity contribution in [2.24, 2.45) is 0 Å². The highest BCUT2D eigenvalue weighted by Gasteiger charge is 2.19. The van der Waals surface area contributed by atoms with Crippen molar-refractivity contribution >= 4 is 17.9 Å². The van der Waals surface area contributed by atoms with Gasteiger partial charge in [0.1, 0.15) is 13.2 Å². The summed E-state index contributed by atoms with van der Waals surface area (Å²) in [6, 6.07) is 0. The molecule has 0 heterocycles. The molecular weight excluding hydrogens is 877 g/mol. The second-order valence-electron chi connectivity index (χ2n) is 21.0. The Morgan fingerprint density at radius 3 is 0.859 bits per heavy atom. The largest absolute Gasteiger partial charge is 0.462 e. The van der Waals surface area contributed by atoms with Crippen molar-refractivity contribution in [3.63, 3.8) is 0 Å². The van der Waals surface area contributed by atoms with Crippen LogP contribution in [-0.2, 0) is 28.6 Å². The van der Waals surface area contributed by atoms with Gasteiger partial charge in [-0.1, -0.05) is 301 Å². The fourth-order valence-corrected chi connectivity index (χ4v) is 9.20. The van der Waals surface area contributed by atoms with Crippen LogP contribution in [-0.4, -0.2) is 37.2 Å². The Kier molecular flexibility index (Phi) is 57.7. The first-order valence-corrected chi connectivity index (χ1v) is 31.1. The van der Waals surface area contributed by atoms with Crippen molar-refractivity contribution in [3.8, 4) is 0 Å². The molecule has 71 heavy (non-hydrogen) atoms. The summed E-state index contributed by atoms with van der Waals surface area (Å²) in [6.07, 6.45) is 74.0. The maximum Gasteiger partial charge on any atom is 0.306 e. The van der Waals surface area contributed by atoms with E-state index in [-0.39, 0.29) is 31.1 Å². The molecule has 0 aromatic rings. The number of carbonyl (C=O) groups is 3. The van der Waals surface area contributed by atoms with Crippen LogP contribution in [0.1, 0.15) is 329 Å². The standard InChI is InChI=1S/C65H118O6/c1-4-7-10-13-16-19-22-25-27-29-31-33-35-36-38-40-43-46-49-52-55-58-64(67)70-61-62(60-69-63(66)57-54-51-48-45-42-24-21-18-15-12-9-6-3)71-65(68)59-56-53-50-47-44-41-39-37-34-32-30-28-26-23-20-17-14-11-8-5-2/h7,10,16,19,25,27,31,33,62H,4-6,8-9,11-15,17-18,20-24,26,28-30,32,34-61H2,1-3H3/b10-7-,19-16-,27-25-,33-31-. The number of carbonyl (C=O) groups excluding carboxylic acids is 3. The van der Waals surface area contributed by atoms with E-state index >= 15 is 0 Å². The summed E-state index contributed by atoms with van der Waals surface area (Å²) in [5, 5.41) is 0. The van der Waals surface area contributed by atoms with Gasteiger partial charge in [-0.2, -0.15) is 0 Å². The van der Waals surface area contributed by atoms with Crippen LogP contribution in [0.4, 0.5) is 0 Å². The zero-order valence-corrected chi connectivity index (χ0v) is 47.5. The summed E-state index contributed by atoms with van der Waals surface area (Å²) in [5.41, 5.74) is 0. The van der Waals surface area contributed by atoms with Crippen LogP contribution < -0.4 is 0 Å². The van der Waals surface area contributed by atoms with E-state index in [1.807, 2.05) is 0 Å². The number of ether oxygens (including phenoxy) is 3. The van der Waals surface area contributed by atoms with E-state index in [9.17, 15) is 14.4 Å². The van der Waals surface area contributed by atoms with Gasteiger partial charge in [-0.25, -0.2) is 0 Å². The Morgan fingerprint density at radius 2 is 0.549 bits per heavy atom. The zero-order chi connectivity index (χ0) is 51.4. The number of hydrogen-bond donors (Lipinski definition) is 0. The molecule has 0 aliphatic carbocycles. The van der Waals surface area contributed by atoms with E-state index < -0.39 is 6.10 Å². The Hall–Kier alpha value is -2.63. The van der Waals surface area contributed by atoms with E-state index in [4.69, 9.17) is 14.2 Å². The van der Waals surface area contributed by atoms with Crippen LogP contribution in [0.2, 0.25) is 0 Å². The second kappa shape index (κ2) is 59.9. The third-order valence-corrected chi connectivity index (χ3v) is 13.8. The van der Waals surface area contributed by atoms with Crippen molar-refractivity contribution in [2.45, 2.75) is 335 Å². The molecule has 0 amide bonds. The molecular formula is C65H118O6. The molecule has 6 nitrogen and oxygen atoms in total. The average molecular weight is 996 g/mol. The minimum absolute atomic E-state index is 0.0706. The van der Waals surface area contributed by atoms with Gasteiger partial charge in [-0.05, 0) is 57.8 Å². The second-order valence-corrected chi connectivity index (χ2v) is 21.0. The van der Waals surface area contributed by atoms with E-state index in [2.05, 4.69) is 69.4 Å². The maximum absolute atomic E-state index is 12.9. The van der Waals surface area contributed by atoms with Gasteiger partial charge in [0.05, 0.1) is 0 Å². The summed E-state index contributed by atoms with van der Waals surface area (Å²) >= 11 is 0. The summed E-state index contributed by atoms with van der Waals surface area (Å²) in [7, 11) is 0. The highest BCUT2D eigenvalue weighted by molar-refractivity contribution is 5.71. The molecule has 0 spiro atoms. The number of allylic oxidation sites excluding steroid dienone is 8. The molecule has 0 saturated carbocycles. The third-order valence-electron chi connectivity index (χ3n) is 13.8. The number of rotatable bonds is 57. The molecule has 0 aromatic carbocycles. The van der Waals surface area contributed by atoms with Gasteiger partial charge in [0, 0.05) is 19.3 Å². The minimum atomic E-state index is -0.773. The first kappa shape index (κ1) is 68.4. The molecule has 0 aromatic heterocycles. The van der Waals surface area contributed by atoms with Crippen LogP contribution in [0.3, 0.4) is 0 Å². The van der Waals surface area contributed by atoms with Gasteiger partial charge in [0.25, 0.3) is 0 Å². The van der Waals surface area contributed by atoms with Gasteiger partial charge in [0.15, 0.2) is 6.10 Å². The summed E-state index contributed by atoms with van der Waals surface area (Å²) in [5.74, 6) is -0.858.